The molecule has 0 bridgehead atoms. The smallest absolute Gasteiger partial charge is 0.138 e. The van der Waals surface area contributed by atoms with Crippen LogP contribution in [-0.2, 0) is 6.54 Å². The van der Waals surface area contributed by atoms with E-state index in [1.54, 1.807) is 12.4 Å². The van der Waals surface area contributed by atoms with Crippen LogP contribution in [0.3, 0.4) is 0 Å². The van der Waals surface area contributed by atoms with Crippen molar-refractivity contribution >= 4 is 0 Å². The highest BCUT2D eigenvalue weighted by Gasteiger charge is 2.16. The second-order valence-corrected chi connectivity index (χ2v) is 3.76. The molecule has 1 aromatic rings. The normalized spacial score (nSPS) is 17.2. The summed E-state index contributed by atoms with van der Waals surface area (Å²) in [6.07, 6.45) is 8.85. The van der Waals surface area contributed by atoms with Crippen LogP contribution >= 0.6 is 0 Å². The first-order valence-corrected chi connectivity index (χ1v) is 5.19. The van der Waals surface area contributed by atoms with Gasteiger partial charge in [-0.1, -0.05) is 0 Å². The molecule has 3 nitrogen and oxygen atoms in total. The fourth-order valence-electron chi connectivity index (χ4n) is 1.84. The van der Waals surface area contributed by atoms with Crippen LogP contribution < -0.4 is 10.5 Å². The maximum atomic E-state index is 5.80. The largest absolute Gasteiger partial charge is 0.489 e. The lowest BCUT2D eigenvalue weighted by atomic mass is 10.2. The van der Waals surface area contributed by atoms with Crippen molar-refractivity contribution in [2.45, 2.75) is 38.3 Å². The van der Waals surface area contributed by atoms with Crippen LogP contribution in [0.5, 0.6) is 5.75 Å². The Kier molecular flexibility index (Phi) is 2.99. The zero-order valence-corrected chi connectivity index (χ0v) is 8.28. The van der Waals surface area contributed by atoms with Gasteiger partial charge in [0.25, 0.3) is 0 Å². The fourth-order valence-corrected chi connectivity index (χ4v) is 1.84. The summed E-state index contributed by atoms with van der Waals surface area (Å²) in [6, 6.07) is 1.98. The van der Waals surface area contributed by atoms with Gasteiger partial charge in [-0.15, -0.1) is 0 Å². The average molecular weight is 192 g/mol. The maximum absolute atomic E-state index is 5.80. The van der Waals surface area contributed by atoms with Crippen molar-refractivity contribution in [3.63, 3.8) is 0 Å². The molecular formula is C11H16N2O. The molecule has 1 aliphatic rings. The Labute approximate surface area is 84.3 Å². The monoisotopic (exact) mass is 192 g/mol. The van der Waals surface area contributed by atoms with Gasteiger partial charge in [0, 0.05) is 12.7 Å². The van der Waals surface area contributed by atoms with E-state index in [0.29, 0.717) is 12.6 Å². The molecule has 1 saturated carbocycles. The van der Waals surface area contributed by atoms with Crippen molar-refractivity contribution < 1.29 is 4.74 Å². The minimum atomic E-state index is 0.393. The molecule has 76 valence electrons. The van der Waals surface area contributed by atoms with Gasteiger partial charge in [-0.2, -0.15) is 0 Å². The van der Waals surface area contributed by atoms with Gasteiger partial charge in [0.1, 0.15) is 5.75 Å². The van der Waals surface area contributed by atoms with Crippen molar-refractivity contribution in [2.24, 2.45) is 5.73 Å². The Morgan fingerprint density at radius 2 is 2.14 bits per heavy atom. The van der Waals surface area contributed by atoms with Crippen LogP contribution in [-0.4, -0.2) is 11.1 Å². The molecule has 1 aliphatic carbocycles. The zero-order valence-electron chi connectivity index (χ0n) is 8.28. The van der Waals surface area contributed by atoms with Gasteiger partial charge in [-0.3, -0.25) is 4.98 Å². The van der Waals surface area contributed by atoms with E-state index in [1.165, 1.54) is 25.7 Å². The highest BCUT2D eigenvalue weighted by atomic mass is 16.5. The van der Waals surface area contributed by atoms with E-state index in [-0.39, 0.29) is 0 Å². The zero-order chi connectivity index (χ0) is 9.80. The third-order valence-corrected chi connectivity index (χ3v) is 2.61. The summed E-state index contributed by atoms with van der Waals surface area (Å²) >= 11 is 0. The van der Waals surface area contributed by atoms with E-state index in [9.17, 15) is 0 Å². The summed E-state index contributed by atoms with van der Waals surface area (Å²) < 4.78 is 5.80. The second-order valence-electron chi connectivity index (χ2n) is 3.76. The molecule has 0 spiro atoms. The van der Waals surface area contributed by atoms with E-state index >= 15 is 0 Å². The predicted octanol–water partition coefficient (Wildman–Crippen LogP) is 1.86. The summed E-state index contributed by atoms with van der Waals surface area (Å²) in [7, 11) is 0. The van der Waals surface area contributed by atoms with E-state index < -0.39 is 0 Å². The van der Waals surface area contributed by atoms with Gasteiger partial charge in [0.05, 0.1) is 12.3 Å². The minimum Gasteiger partial charge on any atom is -0.489 e. The predicted molar refractivity (Wildman–Crippen MR) is 55.0 cm³/mol. The Morgan fingerprint density at radius 1 is 1.36 bits per heavy atom. The molecule has 2 rings (SSSR count). The Hall–Kier alpha value is -1.09. The number of hydrogen-bond donors (Lipinski definition) is 1. The maximum Gasteiger partial charge on any atom is 0.138 e. The van der Waals surface area contributed by atoms with Crippen molar-refractivity contribution in [3.8, 4) is 5.75 Å². The molecule has 2 N–H and O–H groups in total. The van der Waals surface area contributed by atoms with Crippen LogP contribution in [0.15, 0.2) is 18.5 Å². The number of hydrogen-bond acceptors (Lipinski definition) is 3. The number of pyridine rings is 1. The van der Waals surface area contributed by atoms with Gasteiger partial charge < -0.3 is 10.5 Å². The highest BCUT2D eigenvalue weighted by Crippen LogP contribution is 2.23. The van der Waals surface area contributed by atoms with Gasteiger partial charge in [-0.25, -0.2) is 0 Å². The number of ether oxygens (including phenoxy) is 1. The van der Waals surface area contributed by atoms with Crippen molar-refractivity contribution in [2.75, 3.05) is 0 Å². The van der Waals surface area contributed by atoms with Crippen LogP contribution in [0, 0.1) is 0 Å². The fraction of sp³-hybridized carbons (Fsp3) is 0.545. The first-order valence-electron chi connectivity index (χ1n) is 5.19. The summed E-state index contributed by atoms with van der Waals surface area (Å²) in [6.45, 7) is 0.523. The lowest BCUT2D eigenvalue weighted by Crippen LogP contribution is -2.11. The average Bonchev–Trinajstić information content (AvgIpc) is 2.71. The summed E-state index contributed by atoms with van der Waals surface area (Å²) in [5, 5.41) is 0. The molecule has 3 heteroatoms. The summed E-state index contributed by atoms with van der Waals surface area (Å²) in [5.41, 5.74) is 6.56. The first-order chi connectivity index (χ1) is 6.88. The topological polar surface area (TPSA) is 48.1 Å². The molecular weight excluding hydrogens is 176 g/mol. The second kappa shape index (κ2) is 4.42. The minimum absolute atomic E-state index is 0.393. The van der Waals surface area contributed by atoms with Crippen LogP contribution in [0.1, 0.15) is 31.2 Å². The third kappa shape index (κ3) is 2.23. The molecule has 0 amide bonds. The van der Waals surface area contributed by atoms with Crippen molar-refractivity contribution in [1.82, 2.24) is 4.98 Å². The Morgan fingerprint density at radius 3 is 2.86 bits per heavy atom. The molecule has 14 heavy (non-hydrogen) atoms. The van der Waals surface area contributed by atoms with E-state index in [4.69, 9.17) is 10.5 Å². The lowest BCUT2D eigenvalue weighted by Gasteiger charge is -2.12. The van der Waals surface area contributed by atoms with Crippen molar-refractivity contribution in [3.05, 3.63) is 24.0 Å². The molecule has 0 unspecified atom stereocenters. The number of aromatic nitrogens is 1. The van der Waals surface area contributed by atoms with Gasteiger partial charge in [-0.05, 0) is 37.3 Å². The molecule has 0 saturated heterocycles. The van der Waals surface area contributed by atoms with Crippen LogP contribution in [0.4, 0.5) is 0 Å². The molecule has 1 fully saturated rings. The van der Waals surface area contributed by atoms with Crippen LogP contribution in [0.25, 0.3) is 0 Å². The Balaban J connectivity index is 2.00. The molecule has 0 atom stereocenters. The summed E-state index contributed by atoms with van der Waals surface area (Å²) in [5.74, 6) is 0.861. The van der Waals surface area contributed by atoms with Gasteiger partial charge in [0.2, 0.25) is 0 Å². The van der Waals surface area contributed by atoms with E-state index in [0.717, 1.165) is 11.3 Å². The van der Waals surface area contributed by atoms with E-state index in [1.807, 2.05) is 6.07 Å². The number of nitrogens with two attached hydrogens (primary N) is 1. The standard InChI is InChI=1S/C11H16N2O/c12-6-9-5-11(8-13-7-9)14-10-3-1-2-4-10/h5,7-8,10H,1-4,6,12H2. The first kappa shape index (κ1) is 9.46. The quantitative estimate of drug-likeness (QED) is 0.795. The Bertz CT molecular complexity index is 295. The molecule has 1 aromatic heterocycles. The molecule has 0 aliphatic heterocycles. The number of rotatable bonds is 3. The molecule has 0 radical (unpaired) electrons. The molecule has 1 heterocycles. The summed E-state index contributed by atoms with van der Waals surface area (Å²) in [4.78, 5) is 4.09. The van der Waals surface area contributed by atoms with E-state index in [2.05, 4.69) is 4.98 Å². The van der Waals surface area contributed by atoms with Gasteiger partial charge in [0.15, 0.2) is 0 Å². The lowest BCUT2D eigenvalue weighted by molar-refractivity contribution is 0.209. The SMILES string of the molecule is NCc1cncc(OC2CCCC2)c1. The van der Waals surface area contributed by atoms with Crippen molar-refractivity contribution in [1.29, 1.82) is 0 Å². The van der Waals surface area contributed by atoms with Crippen LogP contribution in [0.2, 0.25) is 0 Å². The highest BCUT2D eigenvalue weighted by molar-refractivity contribution is 5.23. The number of nitrogens with zero attached hydrogens (tertiary/aromatic N) is 1. The van der Waals surface area contributed by atoms with Gasteiger partial charge >= 0.3 is 0 Å². The third-order valence-electron chi connectivity index (χ3n) is 2.61. The molecule has 0 aromatic carbocycles.